The number of hydrogen-bond acceptors (Lipinski definition) is 4. The molecule has 4 heteroatoms. The normalized spacial score (nSPS) is 23.1. The summed E-state index contributed by atoms with van der Waals surface area (Å²) >= 11 is 0. The molecule has 3 N–H and O–H groups in total. The number of ether oxygens (including phenoxy) is 2. The van der Waals surface area contributed by atoms with Gasteiger partial charge in [-0.3, -0.25) is 0 Å². The molecule has 0 aromatic rings. The monoisotopic (exact) mass is 387 g/mol. The Labute approximate surface area is 170 Å². The van der Waals surface area contributed by atoms with Gasteiger partial charge >= 0.3 is 0 Å². The molecular formula is C23H49NO3. The summed E-state index contributed by atoms with van der Waals surface area (Å²) in [5, 5.41) is 7.00. The first-order valence-electron chi connectivity index (χ1n) is 10.6. The highest BCUT2D eigenvalue weighted by Gasteiger charge is 2.32. The Morgan fingerprint density at radius 1 is 1.15 bits per heavy atom. The van der Waals surface area contributed by atoms with Gasteiger partial charge in [-0.05, 0) is 52.0 Å². The zero-order valence-corrected chi connectivity index (χ0v) is 19.4. The molecule has 2 saturated heterocycles. The summed E-state index contributed by atoms with van der Waals surface area (Å²) < 4.78 is 10.4. The van der Waals surface area contributed by atoms with Gasteiger partial charge in [0.25, 0.3) is 0 Å². The highest BCUT2D eigenvalue weighted by Crippen LogP contribution is 2.25. The van der Waals surface area contributed by atoms with Gasteiger partial charge in [0.1, 0.15) is 0 Å². The summed E-state index contributed by atoms with van der Waals surface area (Å²) in [6.07, 6.45) is 16.0. The Kier molecular flexibility index (Phi) is 29.1. The Hall–Kier alpha value is -0.680. The van der Waals surface area contributed by atoms with Crippen molar-refractivity contribution >= 4 is 0 Å². The van der Waals surface area contributed by atoms with Crippen molar-refractivity contribution in [3.63, 3.8) is 0 Å². The summed E-state index contributed by atoms with van der Waals surface area (Å²) in [6, 6.07) is 0. The van der Waals surface area contributed by atoms with Crippen molar-refractivity contribution in [2.24, 2.45) is 17.6 Å². The number of nitrogens with two attached hydrogens (primary N) is 1. The zero-order valence-electron chi connectivity index (χ0n) is 19.4. The van der Waals surface area contributed by atoms with E-state index in [2.05, 4.69) is 52.5 Å². The first-order chi connectivity index (χ1) is 13.0. The van der Waals surface area contributed by atoms with Crippen molar-refractivity contribution in [1.82, 2.24) is 0 Å². The van der Waals surface area contributed by atoms with E-state index in [1.807, 2.05) is 19.1 Å². The number of allylic oxidation sites excluding steroid dienone is 4. The van der Waals surface area contributed by atoms with Gasteiger partial charge in [-0.15, -0.1) is 0 Å². The van der Waals surface area contributed by atoms with Crippen LogP contribution in [0.4, 0.5) is 0 Å². The predicted molar refractivity (Wildman–Crippen MR) is 120 cm³/mol. The third-order valence-electron chi connectivity index (χ3n) is 3.87. The van der Waals surface area contributed by atoms with E-state index in [0.717, 1.165) is 26.2 Å². The molecule has 0 aromatic carbocycles. The molecule has 3 unspecified atom stereocenters. The molecule has 164 valence electrons. The Balaban J connectivity index is -0.000000293. The lowest BCUT2D eigenvalue weighted by Gasteiger charge is -2.16. The Morgan fingerprint density at radius 3 is 2.04 bits per heavy atom. The van der Waals surface area contributed by atoms with E-state index in [1.54, 1.807) is 0 Å². The molecule has 0 spiro atoms. The van der Waals surface area contributed by atoms with E-state index < -0.39 is 0 Å². The van der Waals surface area contributed by atoms with E-state index in [-0.39, 0.29) is 0 Å². The third kappa shape index (κ3) is 27.6. The van der Waals surface area contributed by atoms with Gasteiger partial charge in [0.2, 0.25) is 0 Å². The van der Waals surface area contributed by atoms with Gasteiger partial charge in [-0.1, -0.05) is 64.8 Å². The van der Waals surface area contributed by atoms with Crippen LogP contribution >= 0.6 is 0 Å². The zero-order chi connectivity index (χ0) is 21.5. The maximum Gasteiger partial charge on any atom is 0.0839 e. The predicted octanol–water partition coefficient (Wildman–Crippen LogP) is 5.35. The number of epoxide rings is 1. The maximum atomic E-state index is 7.00. The second kappa shape index (κ2) is 25.3. The van der Waals surface area contributed by atoms with Crippen molar-refractivity contribution in [3.05, 3.63) is 24.3 Å². The standard InChI is InChI=1S/C8H14.C7H14O.C6H12O.CH5N.CH4O/c1-4-5-6-7-8(2)3;1-3-4-5-7-6(2)8-7;1-6-3-2-4-7-5-6;2*1-2/h4-8H,1-3H3;6-7H,3-5H2,1-2H3;6H,2-5H2,1H3;2H2,1H3;2H,1H3/b5-4-,7-6+;;;;. The molecule has 2 aliphatic rings. The second-order valence-corrected chi connectivity index (χ2v) is 7.00. The van der Waals surface area contributed by atoms with Crippen molar-refractivity contribution in [1.29, 1.82) is 0 Å². The van der Waals surface area contributed by atoms with Gasteiger partial charge in [-0.2, -0.15) is 0 Å². The minimum Gasteiger partial charge on any atom is -0.400 e. The van der Waals surface area contributed by atoms with Crippen LogP contribution in [0, 0.1) is 11.8 Å². The maximum absolute atomic E-state index is 7.00. The number of rotatable bonds is 5. The van der Waals surface area contributed by atoms with Gasteiger partial charge in [0, 0.05) is 20.3 Å². The van der Waals surface area contributed by atoms with E-state index in [4.69, 9.17) is 14.6 Å². The summed E-state index contributed by atoms with van der Waals surface area (Å²) in [6.45, 7) is 14.9. The van der Waals surface area contributed by atoms with Crippen LogP contribution in [-0.2, 0) is 9.47 Å². The molecule has 2 rings (SSSR count). The van der Waals surface area contributed by atoms with Crippen LogP contribution < -0.4 is 5.73 Å². The highest BCUT2D eigenvalue weighted by molar-refractivity contribution is 5.01. The van der Waals surface area contributed by atoms with Crippen LogP contribution in [0.2, 0.25) is 0 Å². The fraction of sp³-hybridized carbons (Fsp3) is 0.826. The van der Waals surface area contributed by atoms with Crippen LogP contribution in [0.3, 0.4) is 0 Å². The van der Waals surface area contributed by atoms with Crippen molar-refractivity contribution in [3.8, 4) is 0 Å². The fourth-order valence-corrected chi connectivity index (χ4v) is 2.24. The molecule has 2 heterocycles. The largest absolute Gasteiger partial charge is 0.400 e. The van der Waals surface area contributed by atoms with Gasteiger partial charge in [0.05, 0.1) is 12.2 Å². The lowest BCUT2D eigenvalue weighted by Crippen LogP contribution is -2.13. The molecular weight excluding hydrogens is 338 g/mol. The third-order valence-corrected chi connectivity index (χ3v) is 3.87. The lowest BCUT2D eigenvalue weighted by atomic mass is 10.1. The summed E-state index contributed by atoms with van der Waals surface area (Å²) in [7, 11) is 2.50. The summed E-state index contributed by atoms with van der Waals surface area (Å²) in [5.74, 6) is 1.49. The molecule has 0 aliphatic carbocycles. The summed E-state index contributed by atoms with van der Waals surface area (Å²) in [4.78, 5) is 0. The first kappa shape index (κ1) is 31.0. The van der Waals surface area contributed by atoms with Crippen molar-refractivity contribution < 1.29 is 14.6 Å². The topological polar surface area (TPSA) is 68.0 Å². The number of aliphatic hydroxyl groups is 1. The van der Waals surface area contributed by atoms with Gasteiger partial charge < -0.3 is 20.3 Å². The van der Waals surface area contributed by atoms with Crippen LogP contribution in [0.5, 0.6) is 0 Å². The Bertz CT molecular complexity index is 311. The smallest absolute Gasteiger partial charge is 0.0839 e. The molecule has 2 fully saturated rings. The molecule has 0 aromatic heterocycles. The van der Waals surface area contributed by atoms with Gasteiger partial charge in [0.15, 0.2) is 0 Å². The van der Waals surface area contributed by atoms with Crippen molar-refractivity contribution in [2.75, 3.05) is 27.4 Å². The minimum absolute atomic E-state index is 0.571. The van der Waals surface area contributed by atoms with E-state index in [1.165, 1.54) is 39.2 Å². The number of aliphatic hydroxyl groups excluding tert-OH is 1. The second-order valence-electron chi connectivity index (χ2n) is 7.00. The average Bonchev–Trinajstić information content (AvgIpc) is 3.40. The van der Waals surface area contributed by atoms with Crippen LogP contribution in [0.25, 0.3) is 0 Å². The van der Waals surface area contributed by atoms with E-state index >= 15 is 0 Å². The molecule has 2 aliphatic heterocycles. The minimum atomic E-state index is 0.571. The number of hydrogen-bond donors (Lipinski definition) is 2. The van der Waals surface area contributed by atoms with Crippen molar-refractivity contribution in [2.45, 2.75) is 85.9 Å². The molecule has 0 saturated carbocycles. The van der Waals surface area contributed by atoms with Crippen LogP contribution in [0.15, 0.2) is 24.3 Å². The van der Waals surface area contributed by atoms with E-state index in [0.29, 0.717) is 18.1 Å². The van der Waals surface area contributed by atoms with E-state index in [9.17, 15) is 0 Å². The molecule has 27 heavy (non-hydrogen) atoms. The molecule has 4 nitrogen and oxygen atoms in total. The highest BCUT2D eigenvalue weighted by atomic mass is 16.6. The van der Waals surface area contributed by atoms with Crippen LogP contribution in [-0.4, -0.2) is 44.7 Å². The number of unbranched alkanes of at least 4 members (excludes halogenated alkanes) is 1. The quantitative estimate of drug-likeness (QED) is 0.492. The Morgan fingerprint density at radius 2 is 1.74 bits per heavy atom. The van der Waals surface area contributed by atoms with Crippen LogP contribution in [0.1, 0.15) is 73.6 Å². The first-order valence-corrected chi connectivity index (χ1v) is 10.6. The fourth-order valence-electron chi connectivity index (χ4n) is 2.24. The summed E-state index contributed by atoms with van der Waals surface area (Å²) in [5.41, 5.74) is 4.50. The lowest BCUT2D eigenvalue weighted by molar-refractivity contribution is 0.0616. The molecule has 0 amide bonds. The SMILES string of the molecule is C/C=C\C=C\C(C)C.CC1CCCOC1.CCCCC1OC1C.CN.CO. The molecule has 0 radical (unpaired) electrons. The van der Waals surface area contributed by atoms with Gasteiger partial charge in [-0.25, -0.2) is 0 Å². The average molecular weight is 388 g/mol. The molecule has 0 bridgehead atoms. The molecule has 3 atom stereocenters.